The van der Waals surface area contributed by atoms with Crippen LogP contribution in [0.15, 0.2) is 48.5 Å². The normalized spacial score (nSPS) is 11.9. The number of alkyl halides is 1. The van der Waals surface area contributed by atoms with Gasteiger partial charge in [-0.05, 0) is 11.6 Å². The fourth-order valence-corrected chi connectivity index (χ4v) is 2.24. The Labute approximate surface area is 121 Å². The summed E-state index contributed by atoms with van der Waals surface area (Å²) in [7, 11) is 0. The van der Waals surface area contributed by atoms with Crippen molar-refractivity contribution in [2.24, 2.45) is 0 Å². The van der Waals surface area contributed by atoms with Crippen LogP contribution in [0, 0.1) is 0 Å². The molecule has 0 spiro atoms. The number of esters is 1. The van der Waals surface area contributed by atoms with Gasteiger partial charge < -0.3 is 4.74 Å². The predicted molar refractivity (Wildman–Crippen MR) is 77.2 cm³/mol. The minimum absolute atomic E-state index is 0.407. The van der Waals surface area contributed by atoms with Gasteiger partial charge in [-0.3, -0.25) is 4.79 Å². The van der Waals surface area contributed by atoms with Gasteiger partial charge in [0.25, 0.3) is 0 Å². The van der Waals surface area contributed by atoms with E-state index in [2.05, 4.69) is 0 Å². The van der Waals surface area contributed by atoms with Crippen LogP contribution in [-0.4, -0.2) is 5.97 Å². The zero-order valence-electron chi connectivity index (χ0n) is 10.3. The monoisotopic (exact) mass is 294 g/mol. The maximum absolute atomic E-state index is 10.8. The Hall–Kier alpha value is -1.51. The zero-order valence-corrected chi connectivity index (χ0v) is 11.8. The summed E-state index contributed by atoms with van der Waals surface area (Å²) < 4.78 is 4.91. The van der Waals surface area contributed by atoms with Gasteiger partial charge in [-0.2, -0.15) is 0 Å². The van der Waals surface area contributed by atoms with Crippen molar-refractivity contribution in [1.29, 1.82) is 0 Å². The molecule has 2 aromatic rings. The maximum atomic E-state index is 10.8. The number of hydrogen-bond donors (Lipinski definition) is 0. The number of hydrogen-bond acceptors (Lipinski definition) is 2. The third-order valence-corrected chi connectivity index (χ3v) is 3.30. The van der Waals surface area contributed by atoms with Crippen LogP contribution in [0.5, 0.6) is 0 Å². The van der Waals surface area contributed by atoms with Crippen LogP contribution in [0.3, 0.4) is 0 Å². The lowest BCUT2D eigenvalue weighted by Gasteiger charge is -2.11. The molecule has 0 N–H and O–H groups in total. The van der Waals surface area contributed by atoms with Crippen molar-refractivity contribution in [3.05, 3.63) is 59.1 Å². The van der Waals surface area contributed by atoms with E-state index in [0.717, 1.165) is 16.7 Å². The first-order chi connectivity index (χ1) is 9.08. The maximum Gasteiger partial charge on any atom is 0.304 e. The van der Waals surface area contributed by atoms with Crippen molar-refractivity contribution in [2.45, 2.75) is 12.5 Å². The number of ether oxygens (including phenoxy) is 1. The Morgan fingerprint density at radius 3 is 2.32 bits per heavy atom. The molecule has 0 heterocycles. The van der Waals surface area contributed by atoms with Crippen molar-refractivity contribution >= 4 is 29.2 Å². The van der Waals surface area contributed by atoms with E-state index in [1.807, 2.05) is 48.5 Å². The summed E-state index contributed by atoms with van der Waals surface area (Å²) in [5, 5.41) is 0.692. The molecule has 1 unspecified atom stereocenters. The van der Waals surface area contributed by atoms with Gasteiger partial charge in [0.1, 0.15) is 0 Å². The van der Waals surface area contributed by atoms with Crippen LogP contribution in [0.4, 0.5) is 0 Å². The molecule has 2 aromatic carbocycles. The highest BCUT2D eigenvalue weighted by Gasteiger charge is 2.11. The number of halogens is 2. The summed E-state index contributed by atoms with van der Waals surface area (Å²) >= 11 is 12.1. The van der Waals surface area contributed by atoms with Gasteiger partial charge in [0.15, 0.2) is 0 Å². The van der Waals surface area contributed by atoms with Crippen molar-refractivity contribution in [3.8, 4) is 11.1 Å². The highest BCUT2D eigenvalue weighted by atomic mass is 35.5. The molecule has 4 heteroatoms. The molecule has 0 amide bonds. The van der Waals surface area contributed by atoms with Crippen LogP contribution >= 0.6 is 23.2 Å². The molecule has 0 aliphatic rings. The first-order valence-corrected chi connectivity index (χ1v) is 6.55. The van der Waals surface area contributed by atoms with Crippen molar-refractivity contribution in [2.75, 3.05) is 0 Å². The molecule has 0 aliphatic carbocycles. The van der Waals surface area contributed by atoms with E-state index in [1.54, 1.807) is 0 Å². The topological polar surface area (TPSA) is 26.3 Å². The quantitative estimate of drug-likeness (QED) is 0.600. The van der Waals surface area contributed by atoms with Crippen molar-refractivity contribution in [1.82, 2.24) is 0 Å². The van der Waals surface area contributed by atoms with Crippen molar-refractivity contribution < 1.29 is 9.53 Å². The highest BCUT2D eigenvalue weighted by molar-refractivity contribution is 6.33. The molecule has 0 aliphatic heterocycles. The van der Waals surface area contributed by atoms with Crippen LogP contribution in [0.25, 0.3) is 11.1 Å². The number of benzene rings is 2. The van der Waals surface area contributed by atoms with E-state index in [-0.39, 0.29) is 0 Å². The second-order valence-electron chi connectivity index (χ2n) is 4.03. The Bertz CT molecular complexity index is 579. The van der Waals surface area contributed by atoms with Gasteiger partial charge in [0, 0.05) is 23.1 Å². The summed E-state index contributed by atoms with van der Waals surface area (Å²) in [6, 6.07) is 15.0. The molecule has 0 radical (unpaired) electrons. The number of rotatable bonds is 3. The minimum Gasteiger partial charge on any atom is -0.442 e. The van der Waals surface area contributed by atoms with Crippen LogP contribution in [-0.2, 0) is 9.53 Å². The highest BCUT2D eigenvalue weighted by Crippen LogP contribution is 2.29. The molecule has 0 aromatic heterocycles. The summed E-state index contributed by atoms with van der Waals surface area (Å²) in [6.45, 7) is 1.33. The fraction of sp³-hybridized carbons (Fsp3) is 0.133. The third-order valence-electron chi connectivity index (χ3n) is 2.63. The molecule has 0 saturated carbocycles. The lowest BCUT2D eigenvalue weighted by atomic mass is 10.0. The lowest BCUT2D eigenvalue weighted by Crippen LogP contribution is -2.02. The van der Waals surface area contributed by atoms with E-state index in [4.69, 9.17) is 27.9 Å². The predicted octanol–water partition coefficient (Wildman–Crippen LogP) is 4.81. The molecular weight excluding hydrogens is 283 g/mol. The second-order valence-corrected chi connectivity index (χ2v) is 4.83. The van der Waals surface area contributed by atoms with Crippen LogP contribution in [0.1, 0.15) is 18.1 Å². The van der Waals surface area contributed by atoms with E-state index in [9.17, 15) is 4.79 Å². The van der Waals surface area contributed by atoms with Gasteiger partial charge in [-0.15, -0.1) is 0 Å². The molecular formula is C15H12Cl2O2. The first-order valence-electron chi connectivity index (χ1n) is 5.74. The Morgan fingerprint density at radius 1 is 1.11 bits per heavy atom. The molecule has 0 bridgehead atoms. The molecule has 0 saturated heterocycles. The van der Waals surface area contributed by atoms with Gasteiger partial charge in [-0.1, -0.05) is 65.7 Å². The third kappa shape index (κ3) is 3.49. The molecule has 2 nitrogen and oxygen atoms in total. The van der Waals surface area contributed by atoms with Crippen LogP contribution < -0.4 is 0 Å². The molecule has 98 valence electrons. The summed E-state index contributed by atoms with van der Waals surface area (Å²) in [4.78, 5) is 10.8. The molecule has 2 rings (SSSR count). The molecule has 19 heavy (non-hydrogen) atoms. The second kappa shape index (κ2) is 6.09. The average Bonchev–Trinajstić information content (AvgIpc) is 2.39. The van der Waals surface area contributed by atoms with E-state index in [0.29, 0.717) is 5.02 Å². The molecule has 1 atom stereocenters. The largest absolute Gasteiger partial charge is 0.442 e. The Morgan fingerprint density at radius 2 is 1.74 bits per heavy atom. The van der Waals surface area contributed by atoms with Gasteiger partial charge in [-0.25, -0.2) is 0 Å². The van der Waals surface area contributed by atoms with E-state index < -0.39 is 11.5 Å². The summed E-state index contributed by atoms with van der Waals surface area (Å²) in [6.07, 6.45) is 0. The minimum atomic E-state index is -0.766. The number of carbonyl (C=O) groups is 1. The zero-order chi connectivity index (χ0) is 13.8. The van der Waals surface area contributed by atoms with Gasteiger partial charge in [0.05, 0.1) is 0 Å². The van der Waals surface area contributed by atoms with Gasteiger partial charge >= 0.3 is 5.97 Å². The SMILES string of the molecule is CC(=O)OC(Cl)c1ccc(-c2ccccc2Cl)cc1. The standard InChI is InChI=1S/C15H12Cl2O2/c1-10(18)19-15(17)12-8-6-11(7-9-12)13-4-2-3-5-14(13)16/h2-9,15H,1H3. The van der Waals surface area contributed by atoms with Crippen molar-refractivity contribution in [3.63, 3.8) is 0 Å². The first kappa shape index (κ1) is 13.9. The van der Waals surface area contributed by atoms with Gasteiger partial charge in [0.2, 0.25) is 5.56 Å². The Kier molecular flexibility index (Phi) is 4.46. The molecule has 0 fully saturated rings. The summed E-state index contributed by atoms with van der Waals surface area (Å²) in [5.74, 6) is -0.407. The smallest absolute Gasteiger partial charge is 0.304 e. The summed E-state index contributed by atoms with van der Waals surface area (Å²) in [5.41, 5.74) is 1.90. The van der Waals surface area contributed by atoms with Crippen LogP contribution in [0.2, 0.25) is 5.02 Å². The van der Waals surface area contributed by atoms with E-state index in [1.165, 1.54) is 6.92 Å². The van der Waals surface area contributed by atoms with E-state index >= 15 is 0 Å². The lowest BCUT2D eigenvalue weighted by molar-refractivity contribution is -0.142. The number of carbonyl (C=O) groups excluding carboxylic acids is 1. The Balaban J connectivity index is 2.24. The average molecular weight is 295 g/mol. The fourth-order valence-electron chi connectivity index (χ4n) is 1.72.